The Bertz CT molecular complexity index is 179. The Kier molecular flexibility index (Phi) is 13.5. The van der Waals surface area contributed by atoms with Gasteiger partial charge in [0.05, 0.1) is 0 Å². The summed E-state index contributed by atoms with van der Waals surface area (Å²) in [6.45, 7) is 15.3. The van der Waals surface area contributed by atoms with Gasteiger partial charge in [-0.05, 0) is 46.0 Å². The van der Waals surface area contributed by atoms with E-state index in [2.05, 4.69) is 58.8 Å². The topological polar surface area (TPSA) is 24.4 Å². The van der Waals surface area contributed by atoms with E-state index in [4.69, 9.17) is 0 Å². The molecule has 0 aliphatic rings. The van der Waals surface area contributed by atoms with Gasteiger partial charge in [-0.2, -0.15) is 0 Å². The minimum absolute atomic E-state index is 0.667. The van der Waals surface area contributed by atoms with Gasteiger partial charge in [0.1, 0.15) is 0 Å². The molecular weight excluding hydrogens is 208 g/mol. The molecule has 104 valence electrons. The third kappa shape index (κ3) is 11.9. The second-order valence-electron chi connectivity index (χ2n) is 4.96. The van der Waals surface area contributed by atoms with Crippen LogP contribution in [0.4, 0.5) is 0 Å². The molecule has 0 aromatic carbocycles. The van der Waals surface area contributed by atoms with E-state index in [0.717, 1.165) is 0 Å². The second-order valence-corrected chi connectivity index (χ2v) is 4.96. The standard InChI is InChI=1S/C8H19N.C7H15N/c1-5-7(3)9-8(4)6-2;1-5-6(2)7(3)8-4/h7-9H,5-6H2,1-4H3;6H,5H2,1-4H3/t7-,8+;. The highest BCUT2D eigenvalue weighted by atomic mass is 14.9. The van der Waals surface area contributed by atoms with E-state index in [1.54, 1.807) is 0 Å². The average Bonchev–Trinajstić information content (AvgIpc) is 2.36. The van der Waals surface area contributed by atoms with E-state index in [1.165, 1.54) is 25.0 Å². The minimum atomic E-state index is 0.667. The fourth-order valence-corrected chi connectivity index (χ4v) is 1.24. The molecule has 1 unspecified atom stereocenters. The van der Waals surface area contributed by atoms with Gasteiger partial charge < -0.3 is 5.32 Å². The second kappa shape index (κ2) is 12.1. The fraction of sp³-hybridized carbons (Fsp3) is 0.933. The molecule has 3 atom stereocenters. The largest absolute Gasteiger partial charge is 0.312 e. The zero-order valence-corrected chi connectivity index (χ0v) is 13.3. The van der Waals surface area contributed by atoms with Crippen LogP contribution in [0.15, 0.2) is 4.99 Å². The van der Waals surface area contributed by atoms with Crippen molar-refractivity contribution < 1.29 is 0 Å². The Morgan fingerprint density at radius 1 is 0.941 bits per heavy atom. The number of hydrogen-bond donors (Lipinski definition) is 1. The molecule has 0 bridgehead atoms. The zero-order valence-electron chi connectivity index (χ0n) is 13.3. The van der Waals surface area contributed by atoms with Crippen molar-refractivity contribution in [1.29, 1.82) is 0 Å². The summed E-state index contributed by atoms with van der Waals surface area (Å²) in [7, 11) is 1.85. The average molecular weight is 242 g/mol. The van der Waals surface area contributed by atoms with Crippen LogP contribution in [0.1, 0.15) is 67.7 Å². The first-order chi connectivity index (χ1) is 7.92. The smallest absolute Gasteiger partial charge is 0.0276 e. The monoisotopic (exact) mass is 242 g/mol. The maximum Gasteiger partial charge on any atom is 0.0276 e. The van der Waals surface area contributed by atoms with Gasteiger partial charge in [-0.25, -0.2) is 0 Å². The van der Waals surface area contributed by atoms with Crippen molar-refractivity contribution in [2.45, 2.75) is 79.8 Å². The van der Waals surface area contributed by atoms with Crippen molar-refractivity contribution in [3.8, 4) is 0 Å². The molecular formula is C15H34N2. The Morgan fingerprint density at radius 2 is 1.35 bits per heavy atom. The molecule has 2 nitrogen and oxygen atoms in total. The quantitative estimate of drug-likeness (QED) is 0.690. The molecule has 0 aliphatic heterocycles. The van der Waals surface area contributed by atoms with Crippen molar-refractivity contribution in [1.82, 2.24) is 5.32 Å². The highest BCUT2D eigenvalue weighted by molar-refractivity contribution is 5.83. The molecule has 0 heterocycles. The maximum absolute atomic E-state index is 4.08. The van der Waals surface area contributed by atoms with Crippen LogP contribution in [0.25, 0.3) is 0 Å². The van der Waals surface area contributed by atoms with Crippen LogP contribution in [0.3, 0.4) is 0 Å². The highest BCUT2D eigenvalue weighted by Gasteiger charge is 2.01. The van der Waals surface area contributed by atoms with Gasteiger partial charge in [0.2, 0.25) is 0 Å². The molecule has 0 fully saturated rings. The van der Waals surface area contributed by atoms with Crippen molar-refractivity contribution in [2.24, 2.45) is 10.9 Å². The first kappa shape index (κ1) is 19.0. The Labute approximate surface area is 109 Å². The Hall–Kier alpha value is -0.370. The summed E-state index contributed by atoms with van der Waals surface area (Å²) in [6.07, 6.45) is 3.65. The molecule has 0 radical (unpaired) electrons. The van der Waals surface area contributed by atoms with Gasteiger partial charge in [-0.15, -0.1) is 0 Å². The Balaban J connectivity index is 0. The molecule has 2 heteroatoms. The lowest BCUT2D eigenvalue weighted by Gasteiger charge is -2.16. The third-order valence-corrected chi connectivity index (χ3v) is 3.47. The zero-order chi connectivity index (χ0) is 13.8. The Morgan fingerprint density at radius 3 is 1.53 bits per heavy atom. The maximum atomic E-state index is 4.08. The van der Waals surface area contributed by atoms with Crippen molar-refractivity contribution >= 4 is 5.71 Å². The molecule has 0 saturated heterocycles. The number of rotatable bonds is 6. The highest BCUT2D eigenvalue weighted by Crippen LogP contribution is 2.01. The lowest BCUT2D eigenvalue weighted by Crippen LogP contribution is -2.33. The van der Waals surface area contributed by atoms with E-state index < -0.39 is 0 Å². The predicted molar refractivity (Wildman–Crippen MR) is 81.1 cm³/mol. The number of nitrogens with zero attached hydrogens (tertiary/aromatic N) is 1. The van der Waals surface area contributed by atoms with Gasteiger partial charge in [0.15, 0.2) is 0 Å². The molecule has 1 N–H and O–H groups in total. The normalized spacial score (nSPS) is 16.8. The van der Waals surface area contributed by atoms with E-state index in [9.17, 15) is 0 Å². The van der Waals surface area contributed by atoms with Crippen molar-refractivity contribution in [3.63, 3.8) is 0 Å². The van der Waals surface area contributed by atoms with Gasteiger partial charge >= 0.3 is 0 Å². The summed E-state index contributed by atoms with van der Waals surface area (Å²) in [5, 5.41) is 3.48. The number of aliphatic imine (C=N–C) groups is 1. The van der Waals surface area contributed by atoms with Gasteiger partial charge in [0, 0.05) is 24.8 Å². The minimum Gasteiger partial charge on any atom is -0.312 e. The summed E-state index contributed by atoms with van der Waals surface area (Å²) < 4.78 is 0. The van der Waals surface area contributed by atoms with E-state index in [0.29, 0.717) is 18.0 Å². The van der Waals surface area contributed by atoms with Crippen molar-refractivity contribution in [3.05, 3.63) is 0 Å². The van der Waals surface area contributed by atoms with Gasteiger partial charge in [-0.1, -0.05) is 27.7 Å². The molecule has 17 heavy (non-hydrogen) atoms. The molecule has 0 aromatic rings. The lowest BCUT2D eigenvalue weighted by molar-refractivity contribution is 0.449. The van der Waals surface area contributed by atoms with Crippen LogP contribution in [0.5, 0.6) is 0 Å². The van der Waals surface area contributed by atoms with Gasteiger partial charge in [-0.3, -0.25) is 4.99 Å². The van der Waals surface area contributed by atoms with Crippen LogP contribution < -0.4 is 5.32 Å². The molecule has 0 rings (SSSR count). The molecule has 0 aromatic heterocycles. The van der Waals surface area contributed by atoms with Crippen molar-refractivity contribution in [2.75, 3.05) is 7.05 Å². The van der Waals surface area contributed by atoms with Crippen LogP contribution in [0, 0.1) is 5.92 Å². The first-order valence-corrected chi connectivity index (χ1v) is 7.11. The number of nitrogens with one attached hydrogen (secondary N) is 1. The molecule has 0 saturated carbocycles. The predicted octanol–water partition coefficient (Wildman–Crippen LogP) is 4.30. The summed E-state index contributed by atoms with van der Waals surface area (Å²) in [5.74, 6) is 0.667. The summed E-state index contributed by atoms with van der Waals surface area (Å²) >= 11 is 0. The first-order valence-electron chi connectivity index (χ1n) is 7.11. The molecule has 0 spiro atoms. The summed E-state index contributed by atoms with van der Waals surface area (Å²) in [4.78, 5) is 4.08. The van der Waals surface area contributed by atoms with Crippen LogP contribution in [-0.2, 0) is 0 Å². The van der Waals surface area contributed by atoms with E-state index in [-0.39, 0.29) is 0 Å². The molecule has 0 aliphatic carbocycles. The molecule has 0 amide bonds. The van der Waals surface area contributed by atoms with Crippen LogP contribution >= 0.6 is 0 Å². The SMILES string of the molecule is CCC(C)C(C)=NC.CC[C@@H](C)N[C@@H](C)CC. The van der Waals surface area contributed by atoms with Gasteiger partial charge in [0.25, 0.3) is 0 Å². The number of hydrogen-bond acceptors (Lipinski definition) is 2. The summed E-state index contributed by atoms with van der Waals surface area (Å²) in [5.41, 5.74) is 1.26. The van der Waals surface area contributed by atoms with Crippen LogP contribution in [0.2, 0.25) is 0 Å². The summed E-state index contributed by atoms with van der Waals surface area (Å²) in [6, 6.07) is 1.36. The fourth-order valence-electron chi connectivity index (χ4n) is 1.24. The van der Waals surface area contributed by atoms with E-state index in [1.807, 2.05) is 7.05 Å². The van der Waals surface area contributed by atoms with E-state index >= 15 is 0 Å². The lowest BCUT2D eigenvalue weighted by atomic mass is 10.0. The van der Waals surface area contributed by atoms with Crippen LogP contribution in [-0.4, -0.2) is 24.8 Å². The third-order valence-electron chi connectivity index (χ3n) is 3.47.